The molecule has 2 unspecified atom stereocenters. The van der Waals surface area contributed by atoms with Gasteiger partial charge < -0.3 is 10.1 Å². The van der Waals surface area contributed by atoms with Crippen LogP contribution in [0.15, 0.2) is 17.0 Å². The van der Waals surface area contributed by atoms with Crippen LogP contribution in [-0.2, 0) is 16.3 Å². The molecule has 2 atom stereocenters. The average molecular weight is 366 g/mol. The minimum atomic E-state index is -3.39. The van der Waals surface area contributed by atoms with Crippen LogP contribution in [0, 0.1) is 0 Å². The van der Waals surface area contributed by atoms with E-state index < -0.39 is 9.84 Å². The number of amides is 1. The predicted octanol–water partition coefficient (Wildman–Crippen LogP) is 1.63. The summed E-state index contributed by atoms with van der Waals surface area (Å²) in [6, 6.07) is 3.41. The maximum Gasteiger partial charge on any atom is 0.255 e. The standard InChI is InChI=1S/C18H26N2O4S/c1-4-20-7-5-6-14(20)11-19-18(21)16-10-15(25(3,22)23)9-13-8-12(2)24-17(13)16/h9-10,12,14H,4-8,11H2,1-3H3,(H,19,21). The van der Waals surface area contributed by atoms with Crippen molar-refractivity contribution in [1.82, 2.24) is 10.2 Å². The summed E-state index contributed by atoms with van der Waals surface area (Å²) in [6.07, 6.45) is 3.94. The van der Waals surface area contributed by atoms with Gasteiger partial charge in [-0.1, -0.05) is 6.92 Å². The van der Waals surface area contributed by atoms with Gasteiger partial charge in [0.05, 0.1) is 10.5 Å². The molecule has 1 amide bonds. The fourth-order valence-corrected chi connectivity index (χ4v) is 4.42. The van der Waals surface area contributed by atoms with Crippen molar-refractivity contribution in [3.05, 3.63) is 23.3 Å². The number of ether oxygens (including phenoxy) is 1. The second-order valence-corrected chi connectivity index (χ2v) is 9.01. The molecule has 3 rings (SSSR count). The number of benzene rings is 1. The molecule has 2 aliphatic heterocycles. The summed E-state index contributed by atoms with van der Waals surface area (Å²) in [5.74, 6) is 0.259. The Kier molecular flexibility index (Phi) is 5.06. The van der Waals surface area contributed by atoms with Gasteiger partial charge in [-0.15, -0.1) is 0 Å². The van der Waals surface area contributed by atoms with E-state index in [4.69, 9.17) is 4.74 Å². The van der Waals surface area contributed by atoms with Crippen molar-refractivity contribution >= 4 is 15.7 Å². The zero-order chi connectivity index (χ0) is 18.2. The van der Waals surface area contributed by atoms with Gasteiger partial charge in [-0.25, -0.2) is 8.42 Å². The van der Waals surface area contributed by atoms with Crippen molar-refractivity contribution in [2.24, 2.45) is 0 Å². The summed E-state index contributed by atoms with van der Waals surface area (Å²) < 4.78 is 29.7. The van der Waals surface area contributed by atoms with Crippen molar-refractivity contribution in [3.8, 4) is 5.75 Å². The molecule has 2 heterocycles. The Hall–Kier alpha value is -1.60. The zero-order valence-corrected chi connectivity index (χ0v) is 15.9. The number of likely N-dealkylation sites (tertiary alicyclic amines) is 1. The van der Waals surface area contributed by atoms with Gasteiger partial charge in [-0.2, -0.15) is 0 Å². The molecule has 1 aromatic rings. The number of nitrogens with one attached hydrogen (secondary N) is 1. The lowest BCUT2D eigenvalue weighted by Gasteiger charge is -2.23. The van der Waals surface area contributed by atoms with Gasteiger partial charge in [0.25, 0.3) is 5.91 Å². The fraction of sp³-hybridized carbons (Fsp3) is 0.611. The maximum absolute atomic E-state index is 12.7. The second-order valence-electron chi connectivity index (χ2n) is 7.00. The summed E-state index contributed by atoms with van der Waals surface area (Å²) in [5, 5.41) is 2.97. The second kappa shape index (κ2) is 6.96. The summed E-state index contributed by atoms with van der Waals surface area (Å²) >= 11 is 0. The van der Waals surface area contributed by atoms with E-state index in [1.54, 1.807) is 6.07 Å². The summed E-state index contributed by atoms with van der Waals surface area (Å²) in [6.45, 7) is 6.65. The highest BCUT2D eigenvalue weighted by Gasteiger charge is 2.29. The summed E-state index contributed by atoms with van der Waals surface area (Å²) in [7, 11) is -3.39. The molecule has 0 aliphatic carbocycles. The highest BCUT2D eigenvalue weighted by atomic mass is 32.2. The molecular formula is C18H26N2O4S. The van der Waals surface area contributed by atoms with E-state index in [9.17, 15) is 13.2 Å². The first-order valence-corrected chi connectivity index (χ1v) is 10.7. The van der Waals surface area contributed by atoms with Gasteiger partial charge in [-0.3, -0.25) is 9.69 Å². The minimum absolute atomic E-state index is 0.0539. The molecule has 0 radical (unpaired) electrons. The normalized spacial score (nSPS) is 23.3. The molecule has 0 aromatic heterocycles. The molecule has 138 valence electrons. The topological polar surface area (TPSA) is 75.7 Å². The van der Waals surface area contributed by atoms with Crippen molar-refractivity contribution < 1.29 is 17.9 Å². The van der Waals surface area contributed by atoms with Gasteiger partial charge in [0.1, 0.15) is 11.9 Å². The number of rotatable bonds is 5. The zero-order valence-electron chi connectivity index (χ0n) is 15.0. The van der Waals surface area contributed by atoms with Gasteiger partial charge in [0, 0.05) is 25.3 Å². The van der Waals surface area contributed by atoms with Crippen molar-refractivity contribution in [1.29, 1.82) is 0 Å². The number of likely N-dealkylation sites (N-methyl/N-ethyl adjacent to an activating group) is 1. The van der Waals surface area contributed by atoms with Crippen LogP contribution in [0.25, 0.3) is 0 Å². The Bertz CT molecular complexity index is 776. The van der Waals surface area contributed by atoms with E-state index in [0.717, 1.165) is 37.8 Å². The molecule has 1 fully saturated rings. The molecule has 1 aromatic carbocycles. The molecule has 0 spiro atoms. The van der Waals surface area contributed by atoms with Crippen molar-refractivity contribution in [2.45, 2.75) is 50.2 Å². The Morgan fingerprint density at radius 1 is 1.40 bits per heavy atom. The lowest BCUT2D eigenvalue weighted by molar-refractivity contribution is 0.0936. The van der Waals surface area contributed by atoms with Crippen LogP contribution in [0.1, 0.15) is 42.6 Å². The molecule has 0 saturated carbocycles. The Morgan fingerprint density at radius 2 is 2.16 bits per heavy atom. The molecule has 6 nitrogen and oxygen atoms in total. The van der Waals surface area contributed by atoms with E-state index in [1.807, 2.05) is 6.92 Å². The third-order valence-corrected chi connectivity index (χ3v) is 6.13. The summed E-state index contributed by atoms with van der Waals surface area (Å²) in [5.41, 5.74) is 1.11. The van der Waals surface area contributed by atoms with Crippen molar-refractivity contribution in [3.63, 3.8) is 0 Å². The van der Waals surface area contributed by atoms with Crippen LogP contribution in [-0.4, -0.2) is 57.3 Å². The molecule has 7 heteroatoms. The fourth-order valence-electron chi connectivity index (χ4n) is 3.73. The van der Waals surface area contributed by atoms with E-state index in [2.05, 4.69) is 17.1 Å². The summed E-state index contributed by atoms with van der Waals surface area (Å²) in [4.78, 5) is 15.3. The largest absolute Gasteiger partial charge is 0.489 e. The Morgan fingerprint density at radius 3 is 2.84 bits per heavy atom. The van der Waals surface area contributed by atoms with Crippen LogP contribution in [0.2, 0.25) is 0 Å². The Labute approximate surface area is 149 Å². The van der Waals surface area contributed by atoms with E-state index in [1.165, 1.54) is 6.07 Å². The van der Waals surface area contributed by atoms with Crippen LogP contribution in [0.3, 0.4) is 0 Å². The van der Waals surface area contributed by atoms with Crippen LogP contribution >= 0.6 is 0 Å². The molecular weight excluding hydrogens is 340 g/mol. The monoisotopic (exact) mass is 366 g/mol. The maximum atomic E-state index is 12.7. The third kappa shape index (κ3) is 3.82. The lowest BCUT2D eigenvalue weighted by atomic mass is 10.1. The number of hydrogen-bond acceptors (Lipinski definition) is 5. The van der Waals surface area contributed by atoms with E-state index >= 15 is 0 Å². The number of sulfone groups is 1. The van der Waals surface area contributed by atoms with E-state index in [0.29, 0.717) is 30.3 Å². The van der Waals surface area contributed by atoms with Crippen LogP contribution in [0.4, 0.5) is 0 Å². The molecule has 0 bridgehead atoms. The van der Waals surface area contributed by atoms with Crippen LogP contribution in [0.5, 0.6) is 5.75 Å². The van der Waals surface area contributed by atoms with Gasteiger partial charge in [-0.05, 0) is 50.6 Å². The number of carbonyl (C=O) groups excluding carboxylic acids is 1. The average Bonchev–Trinajstić information content (AvgIpc) is 3.15. The number of fused-ring (bicyclic) bond motifs is 1. The van der Waals surface area contributed by atoms with Gasteiger partial charge in [0.15, 0.2) is 9.84 Å². The SMILES string of the molecule is CCN1CCCC1CNC(=O)c1cc(S(C)(=O)=O)cc2c1OC(C)C2. The first-order chi connectivity index (χ1) is 11.8. The van der Waals surface area contributed by atoms with Crippen molar-refractivity contribution in [2.75, 3.05) is 25.9 Å². The quantitative estimate of drug-likeness (QED) is 0.857. The van der Waals surface area contributed by atoms with E-state index in [-0.39, 0.29) is 16.9 Å². The number of nitrogens with zero attached hydrogens (tertiary/aromatic N) is 1. The first kappa shape index (κ1) is 18.2. The number of hydrogen-bond donors (Lipinski definition) is 1. The Balaban J connectivity index is 1.83. The molecule has 2 aliphatic rings. The highest BCUT2D eigenvalue weighted by Crippen LogP contribution is 2.35. The lowest BCUT2D eigenvalue weighted by Crippen LogP contribution is -2.40. The van der Waals surface area contributed by atoms with Gasteiger partial charge >= 0.3 is 0 Å². The molecule has 25 heavy (non-hydrogen) atoms. The predicted molar refractivity (Wildman–Crippen MR) is 95.9 cm³/mol. The minimum Gasteiger partial charge on any atom is -0.489 e. The van der Waals surface area contributed by atoms with Gasteiger partial charge in [0.2, 0.25) is 0 Å². The van der Waals surface area contributed by atoms with Crippen LogP contribution < -0.4 is 10.1 Å². The first-order valence-electron chi connectivity index (χ1n) is 8.85. The highest BCUT2D eigenvalue weighted by molar-refractivity contribution is 7.90. The smallest absolute Gasteiger partial charge is 0.255 e. The molecule has 1 N–H and O–H groups in total. The molecule has 1 saturated heterocycles. The third-order valence-electron chi connectivity index (χ3n) is 5.04. The number of carbonyl (C=O) groups is 1.